The van der Waals surface area contributed by atoms with E-state index < -0.39 is 0 Å². The number of nitrogens with zero attached hydrogens (tertiary/aromatic N) is 5. The molecule has 1 aliphatic rings. The van der Waals surface area contributed by atoms with Crippen molar-refractivity contribution in [2.24, 2.45) is 0 Å². The highest BCUT2D eigenvalue weighted by atomic mass is 15.3. The molecule has 3 aromatic rings. The first-order valence-corrected chi connectivity index (χ1v) is 10.3. The monoisotopic (exact) mass is 388 g/mol. The second kappa shape index (κ2) is 8.47. The average Bonchev–Trinajstić information content (AvgIpc) is 2.76. The molecule has 0 saturated carbocycles. The van der Waals surface area contributed by atoms with Crippen LogP contribution in [0.25, 0.3) is 0 Å². The van der Waals surface area contributed by atoms with Gasteiger partial charge in [-0.25, -0.2) is 0 Å². The molecule has 0 aliphatic carbocycles. The molecule has 0 bridgehead atoms. The van der Waals surface area contributed by atoms with E-state index in [1.807, 2.05) is 0 Å². The normalized spacial score (nSPS) is 13.1. The Kier molecular flexibility index (Phi) is 5.60. The fourth-order valence-corrected chi connectivity index (χ4v) is 3.87. The Morgan fingerprint density at radius 1 is 1.07 bits per heavy atom. The van der Waals surface area contributed by atoms with E-state index in [0.29, 0.717) is 11.8 Å². The van der Waals surface area contributed by atoms with Crippen molar-refractivity contribution in [1.82, 2.24) is 15.2 Å². The number of hydrogen-bond acceptors (Lipinski definition) is 6. The van der Waals surface area contributed by atoms with Crippen LogP contribution < -0.4 is 15.1 Å². The summed E-state index contributed by atoms with van der Waals surface area (Å²) in [6.07, 6.45) is 2.68. The minimum atomic E-state index is 0.668. The molecule has 6 heteroatoms. The van der Waals surface area contributed by atoms with E-state index in [2.05, 4.69) is 88.5 Å². The lowest BCUT2D eigenvalue weighted by Gasteiger charge is -2.28. The fourth-order valence-electron chi connectivity index (χ4n) is 3.87. The molecular formula is C23H28N6. The lowest BCUT2D eigenvalue weighted by atomic mass is 10.0. The zero-order valence-corrected chi connectivity index (χ0v) is 17.4. The lowest BCUT2D eigenvalue weighted by Crippen LogP contribution is -2.32. The maximum Gasteiger partial charge on any atom is 0.247 e. The molecule has 2 aromatic carbocycles. The number of rotatable bonds is 6. The molecule has 150 valence electrons. The van der Waals surface area contributed by atoms with Crippen LogP contribution in [0.2, 0.25) is 0 Å². The maximum absolute atomic E-state index is 4.73. The zero-order chi connectivity index (χ0) is 20.2. The van der Waals surface area contributed by atoms with Gasteiger partial charge in [0.15, 0.2) is 5.82 Å². The first kappa shape index (κ1) is 19.2. The van der Waals surface area contributed by atoms with Gasteiger partial charge in [-0.2, -0.15) is 10.1 Å². The number of fused-ring (bicyclic) bond motifs is 1. The summed E-state index contributed by atoms with van der Waals surface area (Å²) >= 11 is 0. The van der Waals surface area contributed by atoms with Gasteiger partial charge in [0, 0.05) is 37.6 Å². The van der Waals surface area contributed by atoms with Crippen LogP contribution in [0.3, 0.4) is 0 Å². The van der Waals surface area contributed by atoms with Crippen LogP contribution >= 0.6 is 0 Å². The molecule has 6 nitrogen and oxygen atoms in total. The molecular weight excluding hydrogens is 360 g/mol. The molecule has 1 aromatic heterocycles. The Morgan fingerprint density at radius 2 is 1.86 bits per heavy atom. The molecule has 0 spiro atoms. The summed E-state index contributed by atoms with van der Waals surface area (Å²) in [6, 6.07) is 15.1. The SMILES string of the molecule is CCN(CC)c1ccc(Nc2cnnc(N3CCc4ccccc4C3)n2)c(C)c1. The summed E-state index contributed by atoms with van der Waals surface area (Å²) in [7, 11) is 0. The number of aryl methyl sites for hydroxylation is 1. The summed E-state index contributed by atoms with van der Waals surface area (Å²) in [5.74, 6) is 1.38. The van der Waals surface area contributed by atoms with Gasteiger partial charge >= 0.3 is 0 Å². The Hall–Kier alpha value is -3.15. The highest BCUT2D eigenvalue weighted by Gasteiger charge is 2.19. The van der Waals surface area contributed by atoms with Gasteiger partial charge in [-0.1, -0.05) is 24.3 Å². The van der Waals surface area contributed by atoms with E-state index >= 15 is 0 Å². The fraction of sp³-hybridized carbons (Fsp3) is 0.348. The summed E-state index contributed by atoms with van der Waals surface area (Å²) in [5, 5.41) is 11.9. The van der Waals surface area contributed by atoms with Crippen molar-refractivity contribution in [3.63, 3.8) is 0 Å². The van der Waals surface area contributed by atoms with Crippen molar-refractivity contribution >= 4 is 23.1 Å². The molecule has 4 rings (SSSR count). The highest BCUT2D eigenvalue weighted by molar-refractivity contribution is 5.65. The number of aromatic nitrogens is 3. The third kappa shape index (κ3) is 4.16. The minimum Gasteiger partial charge on any atom is -0.372 e. The quantitative estimate of drug-likeness (QED) is 0.678. The van der Waals surface area contributed by atoms with Crippen molar-refractivity contribution in [2.45, 2.75) is 33.7 Å². The molecule has 2 heterocycles. The second-order valence-corrected chi connectivity index (χ2v) is 7.38. The van der Waals surface area contributed by atoms with E-state index in [0.717, 1.165) is 38.3 Å². The van der Waals surface area contributed by atoms with Crippen LogP contribution in [0, 0.1) is 6.92 Å². The second-order valence-electron chi connectivity index (χ2n) is 7.38. The highest BCUT2D eigenvalue weighted by Crippen LogP contribution is 2.26. The molecule has 1 aliphatic heterocycles. The molecule has 0 amide bonds. The summed E-state index contributed by atoms with van der Waals surface area (Å²) in [6.45, 7) is 10.2. The summed E-state index contributed by atoms with van der Waals surface area (Å²) < 4.78 is 0. The molecule has 29 heavy (non-hydrogen) atoms. The molecule has 0 atom stereocenters. The van der Waals surface area contributed by atoms with Crippen molar-refractivity contribution in [3.05, 3.63) is 65.4 Å². The van der Waals surface area contributed by atoms with Crippen molar-refractivity contribution in [1.29, 1.82) is 0 Å². The van der Waals surface area contributed by atoms with Crippen LogP contribution in [0.15, 0.2) is 48.7 Å². The summed E-state index contributed by atoms with van der Waals surface area (Å²) in [4.78, 5) is 9.26. The Balaban J connectivity index is 1.51. The molecule has 0 fully saturated rings. The van der Waals surface area contributed by atoms with E-state index in [-0.39, 0.29) is 0 Å². The van der Waals surface area contributed by atoms with Gasteiger partial charge in [-0.3, -0.25) is 0 Å². The van der Waals surface area contributed by atoms with Gasteiger partial charge in [-0.15, -0.1) is 5.10 Å². The number of hydrogen-bond donors (Lipinski definition) is 1. The average molecular weight is 389 g/mol. The van der Waals surface area contributed by atoms with E-state index in [1.165, 1.54) is 22.4 Å². The standard InChI is InChI=1S/C23H28N6/c1-4-28(5-2)20-10-11-21(17(3)14-20)25-22-15-24-27-23(26-22)29-13-12-18-8-6-7-9-19(18)16-29/h6-11,14-15H,4-5,12-13,16H2,1-3H3,(H,25,26,27). The van der Waals surface area contributed by atoms with Crippen molar-refractivity contribution in [2.75, 3.05) is 34.8 Å². The zero-order valence-electron chi connectivity index (χ0n) is 17.4. The predicted octanol–water partition coefficient (Wildman–Crippen LogP) is 4.33. The Morgan fingerprint density at radius 3 is 2.62 bits per heavy atom. The molecule has 1 N–H and O–H groups in total. The number of anilines is 4. The minimum absolute atomic E-state index is 0.668. The van der Waals surface area contributed by atoms with E-state index in [9.17, 15) is 0 Å². The largest absolute Gasteiger partial charge is 0.372 e. The van der Waals surface area contributed by atoms with Gasteiger partial charge in [0.1, 0.15) is 0 Å². The van der Waals surface area contributed by atoms with Crippen LogP contribution in [-0.4, -0.2) is 34.8 Å². The first-order valence-electron chi connectivity index (χ1n) is 10.3. The van der Waals surface area contributed by atoms with E-state index in [4.69, 9.17) is 4.98 Å². The smallest absolute Gasteiger partial charge is 0.247 e. The van der Waals surface area contributed by atoms with Crippen LogP contribution in [-0.2, 0) is 13.0 Å². The number of benzene rings is 2. The van der Waals surface area contributed by atoms with Crippen LogP contribution in [0.5, 0.6) is 0 Å². The predicted molar refractivity (Wildman–Crippen MR) is 119 cm³/mol. The third-order valence-corrected chi connectivity index (χ3v) is 5.56. The van der Waals surface area contributed by atoms with Gasteiger partial charge in [-0.05, 0) is 62.1 Å². The van der Waals surface area contributed by atoms with Gasteiger partial charge in [0.2, 0.25) is 5.95 Å². The van der Waals surface area contributed by atoms with Crippen molar-refractivity contribution < 1.29 is 0 Å². The summed E-state index contributed by atoms with van der Waals surface area (Å²) in [5.41, 5.74) is 6.21. The topological polar surface area (TPSA) is 57.2 Å². The van der Waals surface area contributed by atoms with Crippen molar-refractivity contribution in [3.8, 4) is 0 Å². The van der Waals surface area contributed by atoms with Crippen LogP contribution in [0.4, 0.5) is 23.1 Å². The van der Waals surface area contributed by atoms with E-state index in [1.54, 1.807) is 6.20 Å². The molecule has 0 unspecified atom stereocenters. The first-order chi connectivity index (χ1) is 14.2. The van der Waals surface area contributed by atoms with Gasteiger partial charge in [0.05, 0.1) is 6.20 Å². The Bertz CT molecular complexity index is 983. The van der Waals surface area contributed by atoms with Gasteiger partial charge in [0.25, 0.3) is 0 Å². The number of nitrogens with one attached hydrogen (secondary N) is 1. The lowest BCUT2D eigenvalue weighted by molar-refractivity contribution is 0.698. The van der Waals surface area contributed by atoms with Crippen LogP contribution in [0.1, 0.15) is 30.5 Å². The Labute approximate surface area is 172 Å². The molecule has 0 radical (unpaired) electrons. The van der Waals surface area contributed by atoms with Gasteiger partial charge < -0.3 is 15.1 Å². The molecule has 0 saturated heterocycles. The maximum atomic E-state index is 4.73. The third-order valence-electron chi connectivity index (χ3n) is 5.56.